The van der Waals surface area contributed by atoms with Crippen molar-refractivity contribution in [1.29, 1.82) is 5.26 Å². The molecule has 0 amide bonds. The number of sulfonamides is 1. The van der Waals surface area contributed by atoms with Crippen LogP contribution in [-0.4, -0.2) is 38.4 Å². The fourth-order valence-electron chi connectivity index (χ4n) is 2.18. The first-order valence-electron chi connectivity index (χ1n) is 6.67. The van der Waals surface area contributed by atoms with Crippen LogP contribution in [0.1, 0.15) is 18.9 Å². The van der Waals surface area contributed by atoms with Gasteiger partial charge >= 0.3 is 0 Å². The zero-order valence-electron chi connectivity index (χ0n) is 11.7. The molecular weight excluding hydrogens is 292 g/mol. The van der Waals surface area contributed by atoms with Crippen molar-refractivity contribution in [1.82, 2.24) is 4.72 Å². The lowest BCUT2D eigenvalue weighted by molar-refractivity contribution is -0.0228. The Bertz CT molecular complexity index is 636. The van der Waals surface area contributed by atoms with Crippen molar-refractivity contribution >= 4 is 10.0 Å². The minimum absolute atomic E-state index is 0.0869. The fourth-order valence-corrected chi connectivity index (χ4v) is 3.29. The summed E-state index contributed by atoms with van der Waals surface area (Å²) in [6, 6.07) is 8.12. The Labute approximate surface area is 124 Å². The topological polar surface area (TPSA) is 99.4 Å². The van der Waals surface area contributed by atoms with Crippen molar-refractivity contribution in [2.24, 2.45) is 0 Å². The predicted octanol–water partition coefficient (Wildman–Crippen LogP) is 0.571. The van der Waals surface area contributed by atoms with Crippen molar-refractivity contribution in [2.45, 2.75) is 36.4 Å². The highest BCUT2D eigenvalue weighted by Crippen LogP contribution is 2.25. The van der Waals surface area contributed by atoms with E-state index in [-0.39, 0.29) is 17.9 Å². The second kappa shape index (κ2) is 6.12. The van der Waals surface area contributed by atoms with Crippen LogP contribution in [-0.2, 0) is 21.2 Å². The average Bonchev–Trinajstić information content (AvgIpc) is 2.78. The third-order valence-corrected chi connectivity index (χ3v) is 5.16. The summed E-state index contributed by atoms with van der Waals surface area (Å²) >= 11 is 0. The second-order valence-corrected chi connectivity index (χ2v) is 6.94. The summed E-state index contributed by atoms with van der Waals surface area (Å²) in [7, 11) is -3.69. The summed E-state index contributed by atoms with van der Waals surface area (Å²) < 4.78 is 32.0. The van der Waals surface area contributed by atoms with Crippen molar-refractivity contribution < 1.29 is 18.3 Å². The molecule has 0 saturated carbocycles. The number of rotatable bonds is 5. The standard InChI is InChI=1S/C14H18N2O4S/c1-11-14(17,7-9-20-11)10-16-21(18,19)13-4-2-12(3-5-13)6-8-15/h2-5,11,16-17H,6-7,9-10H2,1H3. The van der Waals surface area contributed by atoms with E-state index in [9.17, 15) is 13.5 Å². The Kier molecular flexibility index (Phi) is 4.64. The SMILES string of the molecule is CC1OCCC1(O)CNS(=O)(=O)c1ccc(CC#N)cc1. The second-order valence-electron chi connectivity index (χ2n) is 5.17. The van der Waals surface area contributed by atoms with Gasteiger partial charge in [-0.1, -0.05) is 12.1 Å². The van der Waals surface area contributed by atoms with Gasteiger partial charge in [0.1, 0.15) is 5.60 Å². The van der Waals surface area contributed by atoms with Crippen molar-refractivity contribution in [3.05, 3.63) is 29.8 Å². The molecule has 1 aliphatic heterocycles. The van der Waals surface area contributed by atoms with Crippen LogP contribution in [0.25, 0.3) is 0 Å². The Morgan fingerprint density at radius 2 is 2.14 bits per heavy atom. The van der Waals surface area contributed by atoms with Crippen molar-refractivity contribution in [2.75, 3.05) is 13.2 Å². The molecule has 7 heteroatoms. The van der Waals surface area contributed by atoms with Gasteiger partial charge in [0.25, 0.3) is 0 Å². The summed E-state index contributed by atoms with van der Waals surface area (Å²) in [4.78, 5) is 0.111. The molecule has 1 aromatic carbocycles. The van der Waals surface area contributed by atoms with Gasteiger partial charge in [-0.05, 0) is 24.6 Å². The highest BCUT2D eigenvalue weighted by Gasteiger charge is 2.40. The van der Waals surface area contributed by atoms with E-state index < -0.39 is 21.7 Å². The lowest BCUT2D eigenvalue weighted by Crippen LogP contribution is -2.47. The van der Waals surface area contributed by atoms with E-state index in [1.165, 1.54) is 12.1 Å². The molecule has 21 heavy (non-hydrogen) atoms. The van der Waals surface area contributed by atoms with E-state index in [0.717, 1.165) is 5.56 Å². The average molecular weight is 310 g/mol. The first-order chi connectivity index (χ1) is 9.87. The van der Waals surface area contributed by atoms with Gasteiger partial charge in [0.05, 0.1) is 23.5 Å². The molecule has 2 rings (SSSR count). The number of hydrogen-bond acceptors (Lipinski definition) is 5. The summed E-state index contributed by atoms with van der Waals surface area (Å²) in [6.07, 6.45) is 0.235. The number of benzene rings is 1. The molecule has 2 atom stereocenters. The van der Waals surface area contributed by atoms with Crippen LogP contribution in [0.2, 0.25) is 0 Å². The van der Waals surface area contributed by atoms with E-state index in [2.05, 4.69) is 4.72 Å². The molecule has 0 aromatic heterocycles. The van der Waals surface area contributed by atoms with Crippen molar-refractivity contribution in [3.63, 3.8) is 0 Å². The zero-order chi connectivity index (χ0) is 15.5. The van der Waals surface area contributed by atoms with Crippen LogP contribution in [0.3, 0.4) is 0 Å². The highest BCUT2D eigenvalue weighted by atomic mass is 32.2. The van der Waals surface area contributed by atoms with Gasteiger partial charge in [0.15, 0.2) is 0 Å². The Balaban J connectivity index is 2.06. The number of hydrogen-bond donors (Lipinski definition) is 2. The van der Waals surface area contributed by atoms with E-state index >= 15 is 0 Å². The van der Waals surface area contributed by atoms with Crippen LogP contribution in [0, 0.1) is 11.3 Å². The number of nitriles is 1. The highest BCUT2D eigenvalue weighted by molar-refractivity contribution is 7.89. The number of aliphatic hydroxyl groups is 1. The molecule has 6 nitrogen and oxygen atoms in total. The Hall–Kier alpha value is -1.46. The van der Waals surface area contributed by atoms with Gasteiger partial charge in [-0.2, -0.15) is 5.26 Å². The summed E-state index contributed by atoms with van der Waals surface area (Å²) in [5, 5.41) is 18.9. The lowest BCUT2D eigenvalue weighted by atomic mass is 9.97. The van der Waals surface area contributed by atoms with Gasteiger partial charge in [-0.15, -0.1) is 0 Å². The maximum Gasteiger partial charge on any atom is 0.240 e. The van der Waals surface area contributed by atoms with Gasteiger partial charge in [0, 0.05) is 19.6 Å². The van der Waals surface area contributed by atoms with E-state index in [0.29, 0.717) is 13.0 Å². The fraction of sp³-hybridized carbons (Fsp3) is 0.500. The molecule has 1 aromatic rings. The van der Waals surface area contributed by atoms with E-state index in [1.807, 2.05) is 6.07 Å². The molecule has 1 saturated heterocycles. The maximum atomic E-state index is 12.2. The normalized spacial score (nSPS) is 25.7. The minimum Gasteiger partial charge on any atom is -0.386 e. The molecule has 1 heterocycles. The number of ether oxygens (including phenoxy) is 1. The summed E-state index contributed by atoms with van der Waals surface area (Å²) in [5.41, 5.74) is -0.415. The summed E-state index contributed by atoms with van der Waals surface area (Å²) in [5.74, 6) is 0. The molecule has 1 aliphatic rings. The van der Waals surface area contributed by atoms with E-state index in [1.54, 1.807) is 19.1 Å². The number of nitrogens with one attached hydrogen (secondary N) is 1. The maximum absolute atomic E-state index is 12.2. The zero-order valence-corrected chi connectivity index (χ0v) is 12.6. The Morgan fingerprint density at radius 1 is 1.48 bits per heavy atom. The van der Waals surface area contributed by atoms with Gasteiger partial charge in [-0.25, -0.2) is 13.1 Å². The molecule has 0 radical (unpaired) electrons. The first kappa shape index (κ1) is 15.9. The van der Waals surface area contributed by atoms with Crippen LogP contribution in [0.4, 0.5) is 0 Å². The van der Waals surface area contributed by atoms with Crippen LogP contribution in [0.15, 0.2) is 29.2 Å². The van der Waals surface area contributed by atoms with Gasteiger partial charge in [0.2, 0.25) is 10.0 Å². The van der Waals surface area contributed by atoms with Gasteiger partial charge < -0.3 is 9.84 Å². The summed E-state index contributed by atoms with van der Waals surface area (Å²) in [6.45, 7) is 2.05. The number of nitrogens with zero attached hydrogens (tertiary/aromatic N) is 1. The lowest BCUT2D eigenvalue weighted by Gasteiger charge is -2.26. The van der Waals surface area contributed by atoms with Crippen molar-refractivity contribution in [3.8, 4) is 6.07 Å². The monoisotopic (exact) mass is 310 g/mol. The molecule has 114 valence electrons. The third-order valence-electron chi connectivity index (χ3n) is 3.74. The van der Waals surface area contributed by atoms with Crippen LogP contribution < -0.4 is 4.72 Å². The quantitative estimate of drug-likeness (QED) is 0.828. The molecule has 0 aliphatic carbocycles. The molecule has 0 spiro atoms. The van der Waals surface area contributed by atoms with Crippen LogP contribution >= 0.6 is 0 Å². The van der Waals surface area contributed by atoms with Gasteiger partial charge in [-0.3, -0.25) is 0 Å². The first-order valence-corrected chi connectivity index (χ1v) is 8.15. The largest absolute Gasteiger partial charge is 0.386 e. The molecular formula is C14H18N2O4S. The van der Waals surface area contributed by atoms with E-state index in [4.69, 9.17) is 10.00 Å². The molecule has 2 unspecified atom stereocenters. The minimum atomic E-state index is -3.69. The Morgan fingerprint density at radius 3 is 2.67 bits per heavy atom. The molecule has 2 N–H and O–H groups in total. The predicted molar refractivity (Wildman–Crippen MR) is 75.9 cm³/mol. The molecule has 0 bridgehead atoms. The molecule has 1 fully saturated rings. The van der Waals surface area contributed by atoms with Crippen LogP contribution in [0.5, 0.6) is 0 Å². The third kappa shape index (κ3) is 3.60. The smallest absolute Gasteiger partial charge is 0.240 e.